The highest BCUT2D eigenvalue weighted by Gasteiger charge is 2.31. The van der Waals surface area contributed by atoms with E-state index in [-0.39, 0.29) is 10.9 Å². The molecule has 0 heterocycles. The highest BCUT2D eigenvalue weighted by molar-refractivity contribution is 8.13. The van der Waals surface area contributed by atoms with Crippen LogP contribution in [0.3, 0.4) is 0 Å². The zero-order valence-corrected chi connectivity index (χ0v) is 10.3. The molecule has 19 heavy (non-hydrogen) atoms. The Labute approximate surface area is 110 Å². The van der Waals surface area contributed by atoms with Crippen LogP contribution in [0, 0.1) is 17.3 Å². The van der Waals surface area contributed by atoms with Crippen LogP contribution in [0.25, 0.3) is 0 Å². The summed E-state index contributed by atoms with van der Waals surface area (Å²) in [5, 5.41) is 10.7. The van der Waals surface area contributed by atoms with Gasteiger partial charge in [-0.25, -0.2) is 9.38 Å². The molecule has 1 aromatic carbocycles. The first-order valence-corrected chi connectivity index (χ1v) is 5.90. The van der Waals surface area contributed by atoms with Crippen LogP contribution >= 0.6 is 11.8 Å². The number of nitrogens with zero attached hydrogens (tertiary/aromatic N) is 2. The van der Waals surface area contributed by atoms with Crippen molar-refractivity contribution >= 4 is 22.6 Å². The van der Waals surface area contributed by atoms with E-state index in [9.17, 15) is 17.6 Å². The van der Waals surface area contributed by atoms with Gasteiger partial charge in [-0.3, -0.25) is 5.32 Å². The maximum atomic E-state index is 13.1. The van der Waals surface area contributed by atoms with E-state index in [0.29, 0.717) is 6.07 Å². The van der Waals surface area contributed by atoms with Gasteiger partial charge in [-0.05, 0) is 12.3 Å². The van der Waals surface area contributed by atoms with E-state index in [4.69, 9.17) is 5.26 Å². The van der Waals surface area contributed by atoms with E-state index in [1.165, 1.54) is 0 Å². The van der Waals surface area contributed by atoms with Crippen molar-refractivity contribution in [3.63, 3.8) is 0 Å². The molecule has 1 rings (SSSR count). The molecule has 1 N–H and O–H groups in total. The molecule has 102 valence electrons. The van der Waals surface area contributed by atoms with Crippen molar-refractivity contribution in [1.82, 2.24) is 5.32 Å². The number of amidine groups is 1. The number of rotatable bonds is 2. The third kappa shape index (κ3) is 5.48. The van der Waals surface area contributed by atoms with E-state index in [2.05, 4.69) is 15.0 Å². The summed E-state index contributed by atoms with van der Waals surface area (Å²) in [6.07, 6.45) is -1.72. The van der Waals surface area contributed by atoms with E-state index in [0.717, 1.165) is 23.9 Å². The lowest BCUT2D eigenvalue weighted by Crippen LogP contribution is -2.17. The second-order valence-corrected chi connectivity index (χ2v) is 3.85. The minimum absolute atomic E-state index is 0.105. The zero-order chi connectivity index (χ0) is 14.5. The molecule has 0 aromatic heterocycles. The number of aliphatic imine (C=N–C) groups is 1. The van der Waals surface area contributed by atoms with E-state index in [1.807, 2.05) is 0 Å². The molecule has 0 atom stereocenters. The number of alkyl halides is 3. The number of hydrogen-bond donors (Lipinski definition) is 1. The lowest BCUT2D eigenvalue weighted by molar-refractivity contribution is -0.274. The molecule has 9 heteroatoms. The first kappa shape index (κ1) is 15.1. The smallest absolute Gasteiger partial charge is 0.406 e. The summed E-state index contributed by atoms with van der Waals surface area (Å²) < 4.78 is 52.8. The minimum atomic E-state index is -4.91. The Morgan fingerprint density at radius 1 is 1.42 bits per heavy atom. The Bertz CT molecular complexity index is 524. The predicted octanol–water partition coefficient (Wildman–Crippen LogP) is 3.15. The SMILES string of the molecule is CSC(=Nc1cc(F)cc(OC(F)(F)F)c1)NC#N. The fourth-order valence-electron chi connectivity index (χ4n) is 1.09. The van der Waals surface area contributed by atoms with Gasteiger partial charge in [0, 0.05) is 12.1 Å². The lowest BCUT2D eigenvalue weighted by Gasteiger charge is -2.09. The number of ether oxygens (including phenoxy) is 1. The minimum Gasteiger partial charge on any atom is -0.406 e. The van der Waals surface area contributed by atoms with Gasteiger partial charge < -0.3 is 4.74 Å². The normalized spacial score (nSPS) is 11.9. The van der Waals surface area contributed by atoms with Crippen molar-refractivity contribution in [2.24, 2.45) is 4.99 Å². The fraction of sp³-hybridized carbons (Fsp3) is 0.200. The van der Waals surface area contributed by atoms with Crippen LogP contribution in [0.5, 0.6) is 5.75 Å². The monoisotopic (exact) mass is 293 g/mol. The molecule has 0 aliphatic carbocycles. The molecule has 0 aliphatic heterocycles. The highest BCUT2D eigenvalue weighted by atomic mass is 32.2. The molecule has 0 saturated carbocycles. The van der Waals surface area contributed by atoms with E-state index in [1.54, 1.807) is 12.4 Å². The average Bonchev–Trinajstić information content (AvgIpc) is 2.25. The second-order valence-electron chi connectivity index (χ2n) is 3.05. The van der Waals surface area contributed by atoms with Crippen LogP contribution in [0.1, 0.15) is 0 Å². The van der Waals surface area contributed by atoms with E-state index >= 15 is 0 Å². The number of nitriles is 1. The Hall–Kier alpha value is -1.95. The summed E-state index contributed by atoms with van der Waals surface area (Å²) in [6, 6.07) is 2.41. The standard InChI is InChI=1S/C10H7F4N3OS/c1-19-9(16-5-15)17-7-2-6(11)3-8(4-7)18-10(12,13)14/h2-4H,1H3,(H,16,17). The molecular weight excluding hydrogens is 286 g/mol. The molecule has 1 aromatic rings. The first-order valence-electron chi connectivity index (χ1n) is 4.68. The molecule has 0 radical (unpaired) electrons. The van der Waals surface area contributed by atoms with Gasteiger partial charge in [0.05, 0.1) is 5.69 Å². The fourth-order valence-corrected chi connectivity index (χ4v) is 1.44. The van der Waals surface area contributed by atoms with Gasteiger partial charge >= 0.3 is 6.36 Å². The summed E-state index contributed by atoms with van der Waals surface area (Å²) >= 11 is 1.05. The number of thioether (sulfide) groups is 1. The van der Waals surface area contributed by atoms with Crippen LogP contribution in [-0.4, -0.2) is 17.8 Å². The quantitative estimate of drug-likeness (QED) is 0.299. The van der Waals surface area contributed by atoms with Crippen molar-refractivity contribution < 1.29 is 22.3 Å². The van der Waals surface area contributed by atoms with Gasteiger partial charge in [0.25, 0.3) is 0 Å². The summed E-state index contributed by atoms with van der Waals surface area (Å²) in [4.78, 5) is 3.78. The van der Waals surface area contributed by atoms with Crippen LogP contribution in [0.15, 0.2) is 23.2 Å². The molecule has 0 aliphatic rings. The topological polar surface area (TPSA) is 57.4 Å². The molecular formula is C10H7F4N3OS. The number of hydrogen-bond acceptors (Lipinski definition) is 4. The number of benzene rings is 1. The Morgan fingerprint density at radius 3 is 2.63 bits per heavy atom. The van der Waals surface area contributed by atoms with Crippen molar-refractivity contribution in [3.8, 4) is 11.9 Å². The molecule has 0 saturated heterocycles. The third-order valence-electron chi connectivity index (χ3n) is 1.68. The second kappa shape index (κ2) is 6.29. The van der Waals surface area contributed by atoms with Crippen molar-refractivity contribution in [2.75, 3.05) is 6.26 Å². The van der Waals surface area contributed by atoms with Crippen LogP contribution < -0.4 is 10.1 Å². The Morgan fingerprint density at radius 2 is 2.11 bits per heavy atom. The van der Waals surface area contributed by atoms with Gasteiger partial charge in [-0.15, -0.1) is 13.2 Å². The third-order valence-corrected chi connectivity index (χ3v) is 2.26. The Balaban J connectivity index is 3.06. The van der Waals surface area contributed by atoms with Gasteiger partial charge in [0.15, 0.2) is 11.4 Å². The first-order chi connectivity index (χ1) is 8.84. The van der Waals surface area contributed by atoms with Crippen LogP contribution in [0.4, 0.5) is 23.2 Å². The van der Waals surface area contributed by atoms with Gasteiger partial charge in [-0.1, -0.05) is 11.8 Å². The largest absolute Gasteiger partial charge is 0.573 e. The lowest BCUT2D eigenvalue weighted by atomic mass is 10.3. The van der Waals surface area contributed by atoms with E-state index < -0.39 is 17.9 Å². The Kier molecular flexibility index (Phi) is 5.00. The summed E-state index contributed by atoms with van der Waals surface area (Å²) in [5.41, 5.74) is -0.105. The predicted molar refractivity (Wildman–Crippen MR) is 62.4 cm³/mol. The molecule has 0 bridgehead atoms. The number of nitrogens with one attached hydrogen (secondary N) is 1. The maximum absolute atomic E-state index is 13.1. The summed E-state index contributed by atoms with van der Waals surface area (Å²) in [7, 11) is 0. The molecule has 0 fully saturated rings. The zero-order valence-electron chi connectivity index (χ0n) is 9.45. The van der Waals surface area contributed by atoms with Crippen LogP contribution in [-0.2, 0) is 0 Å². The van der Waals surface area contributed by atoms with Crippen molar-refractivity contribution in [3.05, 3.63) is 24.0 Å². The van der Waals surface area contributed by atoms with Crippen molar-refractivity contribution in [2.45, 2.75) is 6.36 Å². The molecule has 0 unspecified atom stereocenters. The molecule has 4 nitrogen and oxygen atoms in total. The number of halogens is 4. The molecule has 0 spiro atoms. The van der Waals surface area contributed by atoms with Gasteiger partial charge in [-0.2, -0.15) is 5.26 Å². The maximum Gasteiger partial charge on any atom is 0.573 e. The molecule has 0 amide bonds. The highest BCUT2D eigenvalue weighted by Crippen LogP contribution is 2.28. The van der Waals surface area contributed by atoms with Gasteiger partial charge in [0.2, 0.25) is 0 Å². The van der Waals surface area contributed by atoms with Crippen molar-refractivity contribution in [1.29, 1.82) is 5.26 Å². The average molecular weight is 293 g/mol. The summed E-state index contributed by atoms with van der Waals surface area (Å²) in [6.45, 7) is 0. The summed E-state index contributed by atoms with van der Waals surface area (Å²) in [5.74, 6) is -1.65. The van der Waals surface area contributed by atoms with Gasteiger partial charge in [0.1, 0.15) is 11.6 Å². The van der Waals surface area contributed by atoms with Crippen LogP contribution in [0.2, 0.25) is 0 Å².